The Balaban J connectivity index is 1.65. The van der Waals surface area contributed by atoms with E-state index in [0.717, 1.165) is 29.9 Å². The number of aryl methyl sites for hydroxylation is 1. The summed E-state index contributed by atoms with van der Waals surface area (Å²) in [6, 6.07) is 3.61. The van der Waals surface area contributed by atoms with E-state index in [1.165, 1.54) is 23.5 Å². The van der Waals surface area contributed by atoms with Crippen LogP contribution in [0.4, 0.5) is 13.9 Å². The van der Waals surface area contributed by atoms with Crippen LogP contribution in [0.1, 0.15) is 34.3 Å². The molecule has 0 spiro atoms. The van der Waals surface area contributed by atoms with E-state index in [0.29, 0.717) is 30.0 Å². The third kappa shape index (κ3) is 4.15. The van der Waals surface area contributed by atoms with Gasteiger partial charge in [-0.05, 0) is 50.3 Å². The van der Waals surface area contributed by atoms with Crippen molar-refractivity contribution in [2.24, 2.45) is 5.92 Å². The van der Waals surface area contributed by atoms with Gasteiger partial charge < -0.3 is 10.2 Å². The molecule has 1 aliphatic rings. The molecule has 1 amide bonds. The number of carbonyl (C=O) groups is 1. The fraction of sp³-hybridized carbons (Fsp3) is 0.444. The maximum atomic E-state index is 13.3. The number of amides is 1. The largest absolute Gasteiger partial charge is 0.362 e. The number of hydrogen-bond donors (Lipinski definition) is 1. The molecule has 25 heavy (non-hydrogen) atoms. The molecule has 4 nitrogen and oxygen atoms in total. The fourth-order valence-corrected chi connectivity index (χ4v) is 4.21. The van der Waals surface area contributed by atoms with Crippen LogP contribution in [0.25, 0.3) is 0 Å². The number of nitrogens with one attached hydrogen (secondary N) is 1. The lowest BCUT2D eigenvalue weighted by Gasteiger charge is -2.16. The second-order valence-electron chi connectivity index (χ2n) is 6.35. The number of nitrogens with zero attached hydrogens (tertiary/aromatic N) is 2. The van der Waals surface area contributed by atoms with Crippen LogP contribution < -0.4 is 5.32 Å². The monoisotopic (exact) mass is 365 g/mol. The number of halogens is 2. The molecule has 0 aliphatic carbocycles. The molecule has 1 aromatic carbocycles. The first-order valence-corrected chi connectivity index (χ1v) is 9.23. The molecular weight excluding hydrogens is 344 g/mol. The summed E-state index contributed by atoms with van der Waals surface area (Å²) in [6.07, 6.45) is 1.41. The van der Waals surface area contributed by atoms with E-state index in [4.69, 9.17) is 0 Å². The van der Waals surface area contributed by atoms with Crippen molar-refractivity contribution >= 4 is 22.4 Å². The second-order valence-corrected chi connectivity index (χ2v) is 7.35. The first-order chi connectivity index (χ1) is 12.0. The number of rotatable bonds is 5. The summed E-state index contributed by atoms with van der Waals surface area (Å²) >= 11 is 1.38. The Hall–Kier alpha value is -2.02. The predicted molar refractivity (Wildman–Crippen MR) is 95.1 cm³/mol. The third-order valence-corrected chi connectivity index (χ3v) is 5.44. The number of hydrogen-bond acceptors (Lipinski definition) is 4. The lowest BCUT2D eigenvalue weighted by molar-refractivity contribution is 0.0791. The molecule has 0 radical (unpaired) electrons. The molecule has 2 heterocycles. The Bertz CT molecular complexity index is 757. The SMILES string of the molecule is CCNc1nc(C)c(C(=O)N2CCC(Cc3cc(F)cc(F)c3)C2)s1. The van der Waals surface area contributed by atoms with Crippen molar-refractivity contribution in [3.8, 4) is 0 Å². The number of anilines is 1. The number of carbonyl (C=O) groups excluding carboxylic acids is 1. The van der Waals surface area contributed by atoms with E-state index < -0.39 is 11.6 Å². The number of thiazole rings is 1. The minimum absolute atomic E-state index is 0.00734. The van der Waals surface area contributed by atoms with Crippen LogP contribution >= 0.6 is 11.3 Å². The lowest BCUT2D eigenvalue weighted by atomic mass is 9.98. The lowest BCUT2D eigenvalue weighted by Crippen LogP contribution is -2.28. The van der Waals surface area contributed by atoms with Gasteiger partial charge in [0.1, 0.15) is 16.5 Å². The Morgan fingerprint density at radius 1 is 1.36 bits per heavy atom. The van der Waals surface area contributed by atoms with Crippen LogP contribution in [0.3, 0.4) is 0 Å². The molecule has 1 fully saturated rings. The van der Waals surface area contributed by atoms with E-state index in [1.807, 2.05) is 18.7 Å². The van der Waals surface area contributed by atoms with E-state index >= 15 is 0 Å². The van der Waals surface area contributed by atoms with Gasteiger partial charge in [-0.1, -0.05) is 11.3 Å². The van der Waals surface area contributed by atoms with Crippen LogP contribution in [0.15, 0.2) is 18.2 Å². The molecular formula is C18H21F2N3OS. The minimum atomic E-state index is -0.558. The Morgan fingerprint density at radius 3 is 2.76 bits per heavy atom. The van der Waals surface area contributed by atoms with Crippen molar-refractivity contribution in [2.45, 2.75) is 26.7 Å². The third-order valence-electron chi connectivity index (χ3n) is 4.34. The van der Waals surface area contributed by atoms with E-state index in [1.54, 1.807) is 0 Å². The van der Waals surface area contributed by atoms with Crippen LogP contribution in [-0.2, 0) is 6.42 Å². The molecule has 1 saturated heterocycles. The van der Waals surface area contributed by atoms with Crippen LogP contribution in [0, 0.1) is 24.5 Å². The van der Waals surface area contributed by atoms with Gasteiger partial charge in [-0.3, -0.25) is 4.79 Å². The van der Waals surface area contributed by atoms with Gasteiger partial charge in [0.05, 0.1) is 5.69 Å². The molecule has 1 N–H and O–H groups in total. The highest BCUT2D eigenvalue weighted by atomic mass is 32.1. The van der Waals surface area contributed by atoms with Gasteiger partial charge >= 0.3 is 0 Å². The molecule has 0 bridgehead atoms. The van der Waals surface area contributed by atoms with Gasteiger partial charge in [-0.25, -0.2) is 13.8 Å². The van der Waals surface area contributed by atoms with Gasteiger partial charge in [-0.2, -0.15) is 0 Å². The van der Waals surface area contributed by atoms with E-state index in [-0.39, 0.29) is 11.8 Å². The first-order valence-electron chi connectivity index (χ1n) is 8.41. The molecule has 2 aromatic rings. The molecule has 1 unspecified atom stereocenters. The standard InChI is InChI=1S/C18H21F2N3OS/c1-3-21-18-22-11(2)16(25-18)17(24)23-5-4-12(10-23)6-13-7-14(19)9-15(20)8-13/h7-9,12H,3-6,10H2,1-2H3,(H,21,22). The van der Waals surface area contributed by atoms with Gasteiger partial charge in [0.25, 0.3) is 5.91 Å². The summed E-state index contributed by atoms with van der Waals surface area (Å²) in [4.78, 5) is 19.6. The fourth-order valence-electron chi connectivity index (χ4n) is 3.21. The van der Waals surface area contributed by atoms with Crippen LogP contribution in [-0.4, -0.2) is 35.4 Å². The minimum Gasteiger partial charge on any atom is -0.362 e. The van der Waals surface area contributed by atoms with Gasteiger partial charge in [0.15, 0.2) is 5.13 Å². The molecule has 0 saturated carbocycles. The maximum absolute atomic E-state index is 13.3. The highest BCUT2D eigenvalue weighted by Gasteiger charge is 2.29. The molecule has 7 heteroatoms. The topological polar surface area (TPSA) is 45.2 Å². The first kappa shape index (κ1) is 17.8. The highest BCUT2D eigenvalue weighted by molar-refractivity contribution is 7.17. The van der Waals surface area contributed by atoms with Gasteiger partial charge in [-0.15, -0.1) is 0 Å². The molecule has 134 valence electrons. The van der Waals surface area contributed by atoms with Crippen LogP contribution in [0.2, 0.25) is 0 Å². The molecule has 1 atom stereocenters. The maximum Gasteiger partial charge on any atom is 0.265 e. The summed E-state index contributed by atoms with van der Waals surface area (Å²) in [5.74, 6) is -0.909. The summed E-state index contributed by atoms with van der Waals surface area (Å²) in [7, 11) is 0. The zero-order valence-electron chi connectivity index (χ0n) is 14.3. The average Bonchev–Trinajstić information content (AvgIpc) is 3.13. The van der Waals surface area contributed by atoms with Gasteiger partial charge in [0, 0.05) is 25.7 Å². The van der Waals surface area contributed by atoms with Crippen molar-refractivity contribution in [1.82, 2.24) is 9.88 Å². The van der Waals surface area contributed by atoms with Crippen molar-refractivity contribution in [1.29, 1.82) is 0 Å². The summed E-state index contributed by atoms with van der Waals surface area (Å²) in [6.45, 7) is 5.85. The van der Waals surface area contributed by atoms with Crippen molar-refractivity contribution < 1.29 is 13.6 Å². The number of likely N-dealkylation sites (tertiary alicyclic amines) is 1. The average molecular weight is 365 g/mol. The molecule has 1 aliphatic heterocycles. The normalized spacial score (nSPS) is 17.1. The zero-order chi connectivity index (χ0) is 18.0. The van der Waals surface area contributed by atoms with E-state index in [9.17, 15) is 13.6 Å². The summed E-state index contributed by atoms with van der Waals surface area (Å²) in [5, 5.41) is 3.89. The molecule has 3 rings (SSSR count). The summed E-state index contributed by atoms with van der Waals surface area (Å²) < 4.78 is 26.6. The second kappa shape index (κ2) is 7.47. The van der Waals surface area contributed by atoms with Crippen molar-refractivity contribution in [3.05, 3.63) is 46.0 Å². The van der Waals surface area contributed by atoms with Crippen molar-refractivity contribution in [2.75, 3.05) is 25.0 Å². The smallest absolute Gasteiger partial charge is 0.265 e. The zero-order valence-corrected chi connectivity index (χ0v) is 15.1. The van der Waals surface area contributed by atoms with E-state index in [2.05, 4.69) is 10.3 Å². The Kier molecular flexibility index (Phi) is 5.32. The highest BCUT2D eigenvalue weighted by Crippen LogP contribution is 2.28. The quantitative estimate of drug-likeness (QED) is 0.875. The predicted octanol–water partition coefficient (Wildman–Crippen LogP) is 3.87. The van der Waals surface area contributed by atoms with Gasteiger partial charge in [0.2, 0.25) is 0 Å². The number of aromatic nitrogens is 1. The Labute approximate surface area is 149 Å². The molecule has 1 aromatic heterocycles. The van der Waals surface area contributed by atoms with Crippen LogP contribution in [0.5, 0.6) is 0 Å². The number of benzene rings is 1. The van der Waals surface area contributed by atoms with Crippen molar-refractivity contribution in [3.63, 3.8) is 0 Å². The summed E-state index contributed by atoms with van der Waals surface area (Å²) in [5.41, 5.74) is 1.38. The Morgan fingerprint density at radius 2 is 2.08 bits per heavy atom.